The summed E-state index contributed by atoms with van der Waals surface area (Å²) in [6, 6.07) is 0.220. The molecule has 1 aromatic rings. The van der Waals surface area contributed by atoms with Crippen molar-refractivity contribution in [1.29, 1.82) is 0 Å². The number of hydrogen-bond donors (Lipinski definition) is 2. The first-order chi connectivity index (χ1) is 8.69. The van der Waals surface area contributed by atoms with Crippen LogP contribution in [-0.2, 0) is 11.8 Å². The van der Waals surface area contributed by atoms with Gasteiger partial charge in [0.05, 0.1) is 11.9 Å². The molecule has 0 spiro atoms. The summed E-state index contributed by atoms with van der Waals surface area (Å²) in [6.07, 6.45) is 6.40. The molecule has 1 saturated heterocycles. The lowest BCUT2D eigenvalue weighted by Gasteiger charge is -2.33. The van der Waals surface area contributed by atoms with Crippen molar-refractivity contribution in [2.24, 2.45) is 12.8 Å². The maximum absolute atomic E-state index is 11.5. The molecule has 2 heterocycles. The Labute approximate surface area is 107 Å². The van der Waals surface area contributed by atoms with Crippen LogP contribution in [0.3, 0.4) is 0 Å². The molecular weight excluding hydrogens is 230 g/mol. The summed E-state index contributed by atoms with van der Waals surface area (Å²) in [6.45, 7) is 2.28. The second-order valence-corrected chi connectivity index (χ2v) is 4.76. The molecule has 1 amide bonds. The number of nitrogens with zero attached hydrogens (tertiary/aromatic N) is 3. The fourth-order valence-corrected chi connectivity index (χ4v) is 2.33. The minimum Gasteiger partial charge on any atom is -0.367 e. The summed E-state index contributed by atoms with van der Waals surface area (Å²) >= 11 is 0. The highest BCUT2D eigenvalue weighted by Gasteiger charge is 2.21. The Morgan fingerprint density at radius 3 is 3.17 bits per heavy atom. The summed E-state index contributed by atoms with van der Waals surface area (Å²) in [4.78, 5) is 13.8. The van der Waals surface area contributed by atoms with Gasteiger partial charge in [-0.3, -0.25) is 9.48 Å². The van der Waals surface area contributed by atoms with Crippen molar-refractivity contribution in [2.45, 2.75) is 25.3 Å². The van der Waals surface area contributed by atoms with Gasteiger partial charge in [-0.25, -0.2) is 0 Å². The van der Waals surface area contributed by atoms with E-state index in [0.29, 0.717) is 13.0 Å². The number of anilines is 1. The number of rotatable bonds is 4. The van der Waals surface area contributed by atoms with E-state index in [4.69, 9.17) is 5.73 Å². The molecule has 18 heavy (non-hydrogen) atoms. The Kier molecular flexibility index (Phi) is 4.19. The number of nitrogens with two attached hydrogens (primary N) is 1. The van der Waals surface area contributed by atoms with Gasteiger partial charge < -0.3 is 16.0 Å². The first-order valence-corrected chi connectivity index (χ1v) is 6.42. The van der Waals surface area contributed by atoms with E-state index in [0.717, 1.165) is 31.6 Å². The number of aromatic nitrogens is 2. The number of nitrogens with one attached hydrogen (secondary N) is 1. The highest BCUT2D eigenvalue weighted by molar-refractivity contribution is 5.76. The normalized spacial score (nSPS) is 19.9. The number of amides is 1. The molecule has 1 aliphatic rings. The molecule has 6 heteroatoms. The molecular formula is C12H21N5O. The second kappa shape index (κ2) is 5.86. The lowest BCUT2D eigenvalue weighted by Crippen LogP contribution is -2.48. The van der Waals surface area contributed by atoms with Gasteiger partial charge in [-0.05, 0) is 12.8 Å². The van der Waals surface area contributed by atoms with Gasteiger partial charge in [-0.2, -0.15) is 5.10 Å². The van der Waals surface area contributed by atoms with Crippen molar-refractivity contribution in [3.8, 4) is 0 Å². The van der Waals surface area contributed by atoms with Gasteiger partial charge in [0.25, 0.3) is 0 Å². The zero-order valence-corrected chi connectivity index (χ0v) is 10.8. The minimum absolute atomic E-state index is 0.0514. The maximum Gasteiger partial charge on any atom is 0.221 e. The van der Waals surface area contributed by atoms with E-state index in [2.05, 4.69) is 15.3 Å². The number of carbonyl (C=O) groups excluding carboxylic acids is 1. The number of aryl methyl sites for hydroxylation is 1. The quantitative estimate of drug-likeness (QED) is 0.780. The SMILES string of the molecule is Cn1cc(N2CCCC(NC(=O)CCN)C2)cn1. The van der Waals surface area contributed by atoms with E-state index in [1.807, 2.05) is 19.4 Å². The van der Waals surface area contributed by atoms with Crippen molar-refractivity contribution in [2.75, 3.05) is 24.5 Å². The van der Waals surface area contributed by atoms with E-state index >= 15 is 0 Å². The van der Waals surface area contributed by atoms with Crippen LogP contribution >= 0.6 is 0 Å². The van der Waals surface area contributed by atoms with Gasteiger partial charge in [0.15, 0.2) is 0 Å². The van der Waals surface area contributed by atoms with Gasteiger partial charge in [0.2, 0.25) is 5.91 Å². The van der Waals surface area contributed by atoms with Crippen molar-refractivity contribution in [3.63, 3.8) is 0 Å². The zero-order valence-electron chi connectivity index (χ0n) is 10.8. The molecule has 1 atom stereocenters. The Morgan fingerprint density at radius 1 is 1.67 bits per heavy atom. The molecule has 0 saturated carbocycles. The fraction of sp³-hybridized carbons (Fsp3) is 0.667. The number of carbonyl (C=O) groups is 1. The third-order valence-electron chi connectivity index (χ3n) is 3.21. The predicted molar refractivity (Wildman–Crippen MR) is 70.3 cm³/mol. The van der Waals surface area contributed by atoms with Gasteiger partial charge in [-0.1, -0.05) is 0 Å². The lowest BCUT2D eigenvalue weighted by molar-refractivity contribution is -0.121. The van der Waals surface area contributed by atoms with Gasteiger partial charge in [0, 0.05) is 45.3 Å². The molecule has 1 unspecified atom stereocenters. The first-order valence-electron chi connectivity index (χ1n) is 6.42. The van der Waals surface area contributed by atoms with Crippen LogP contribution in [0, 0.1) is 0 Å². The van der Waals surface area contributed by atoms with E-state index in [9.17, 15) is 4.79 Å². The van der Waals surface area contributed by atoms with Crippen LogP contribution in [0.15, 0.2) is 12.4 Å². The van der Waals surface area contributed by atoms with Crippen LogP contribution < -0.4 is 16.0 Å². The number of hydrogen-bond acceptors (Lipinski definition) is 4. The summed E-state index contributed by atoms with van der Waals surface area (Å²) in [5, 5.41) is 7.22. The largest absolute Gasteiger partial charge is 0.367 e. The van der Waals surface area contributed by atoms with Crippen molar-refractivity contribution < 1.29 is 4.79 Å². The molecule has 2 rings (SSSR count). The summed E-state index contributed by atoms with van der Waals surface area (Å²) in [7, 11) is 1.91. The van der Waals surface area contributed by atoms with Crippen LogP contribution in [-0.4, -0.2) is 41.4 Å². The monoisotopic (exact) mass is 251 g/mol. The zero-order chi connectivity index (χ0) is 13.0. The molecule has 0 bridgehead atoms. The summed E-state index contributed by atoms with van der Waals surface area (Å²) in [5.74, 6) is 0.0514. The highest BCUT2D eigenvalue weighted by atomic mass is 16.1. The van der Waals surface area contributed by atoms with Gasteiger partial charge >= 0.3 is 0 Å². The molecule has 1 fully saturated rings. The number of piperidine rings is 1. The smallest absolute Gasteiger partial charge is 0.221 e. The Hall–Kier alpha value is -1.56. The fourth-order valence-electron chi connectivity index (χ4n) is 2.33. The van der Waals surface area contributed by atoms with E-state index in [-0.39, 0.29) is 11.9 Å². The Morgan fingerprint density at radius 2 is 2.50 bits per heavy atom. The van der Waals surface area contributed by atoms with Gasteiger partial charge in [0.1, 0.15) is 0 Å². The first kappa shape index (κ1) is 12.9. The molecule has 1 aromatic heterocycles. The van der Waals surface area contributed by atoms with Crippen LogP contribution in [0.1, 0.15) is 19.3 Å². The second-order valence-electron chi connectivity index (χ2n) is 4.76. The third-order valence-corrected chi connectivity index (χ3v) is 3.21. The van der Waals surface area contributed by atoms with Crippen molar-refractivity contribution >= 4 is 11.6 Å². The van der Waals surface area contributed by atoms with E-state index < -0.39 is 0 Å². The summed E-state index contributed by atoms with van der Waals surface area (Å²) < 4.78 is 1.80. The molecule has 0 aliphatic carbocycles. The topological polar surface area (TPSA) is 76.2 Å². The molecule has 0 radical (unpaired) electrons. The maximum atomic E-state index is 11.5. The Balaban J connectivity index is 1.90. The molecule has 6 nitrogen and oxygen atoms in total. The van der Waals surface area contributed by atoms with Crippen LogP contribution in [0.4, 0.5) is 5.69 Å². The molecule has 0 aromatic carbocycles. The third kappa shape index (κ3) is 3.22. The van der Waals surface area contributed by atoms with Crippen molar-refractivity contribution in [1.82, 2.24) is 15.1 Å². The minimum atomic E-state index is 0.0514. The van der Waals surface area contributed by atoms with Crippen LogP contribution in [0.5, 0.6) is 0 Å². The molecule has 3 N–H and O–H groups in total. The molecule has 100 valence electrons. The predicted octanol–water partition coefficient (Wildman–Crippen LogP) is -0.146. The average Bonchev–Trinajstić information content (AvgIpc) is 2.76. The summed E-state index contributed by atoms with van der Waals surface area (Å²) in [5.41, 5.74) is 6.49. The lowest BCUT2D eigenvalue weighted by atomic mass is 10.1. The van der Waals surface area contributed by atoms with E-state index in [1.54, 1.807) is 4.68 Å². The highest BCUT2D eigenvalue weighted by Crippen LogP contribution is 2.18. The Bertz CT molecular complexity index is 403. The average molecular weight is 251 g/mol. The van der Waals surface area contributed by atoms with Crippen LogP contribution in [0.25, 0.3) is 0 Å². The van der Waals surface area contributed by atoms with Crippen LogP contribution in [0.2, 0.25) is 0 Å². The van der Waals surface area contributed by atoms with Crippen molar-refractivity contribution in [3.05, 3.63) is 12.4 Å². The van der Waals surface area contributed by atoms with Gasteiger partial charge in [-0.15, -0.1) is 0 Å². The molecule has 1 aliphatic heterocycles. The standard InChI is InChI=1S/C12H21N5O/c1-16-9-11(7-14-16)17-6-2-3-10(8-17)15-12(18)4-5-13/h7,9-10H,2-6,8,13H2,1H3,(H,15,18). The van der Waals surface area contributed by atoms with E-state index in [1.165, 1.54) is 0 Å².